The number of methoxy groups -OCH3 is 1. The lowest BCUT2D eigenvalue weighted by Crippen LogP contribution is -2.27. The van der Waals surface area contributed by atoms with Crippen molar-refractivity contribution in [3.8, 4) is 0 Å². The molecule has 0 atom stereocenters. The van der Waals surface area contributed by atoms with Crippen LogP contribution in [0.5, 0.6) is 0 Å². The topological polar surface area (TPSA) is 43.4 Å². The van der Waals surface area contributed by atoms with Crippen LogP contribution in [0.2, 0.25) is 0 Å². The molecule has 0 aromatic rings. The van der Waals surface area contributed by atoms with Gasteiger partial charge in [-0.3, -0.25) is 9.59 Å². The first-order chi connectivity index (χ1) is 13.4. The Kier molecular flexibility index (Phi) is 15.3. The maximum atomic E-state index is 11.9. The highest BCUT2D eigenvalue weighted by Crippen LogP contribution is 2.22. The summed E-state index contributed by atoms with van der Waals surface area (Å²) in [6.07, 6.45) is 29.3. The zero-order valence-corrected chi connectivity index (χ0v) is 17.9. The first kappa shape index (κ1) is 25.6. The second-order valence-corrected chi connectivity index (χ2v) is 7.04. The average molecular weight is 385 g/mol. The number of hydrogen-bond acceptors (Lipinski definition) is 3. The number of ether oxygens (including phenoxy) is 1. The minimum atomic E-state index is -0.794. The first-order valence-corrected chi connectivity index (χ1v) is 9.98. The normalized spacial score (nSPS) is 13.3. The molecule has 0 saturated heterocycles. The lowest BCUT2D eigenvalue weighted by Gasteiger charge is -2.19. The molecule has 0 aromatic carbocycles. The third-order valence-corrected chi connectivity index (χ3v) is 3.87. The highest BCUT2D eigenvalue weighted by atomic mass is 16.5. The molecule has 0 unspecified atom stereocenters. The van der Waals surface area contributed by atoms with Crippen molar-refractivity contribution >= 4 is 11.8 Å². The molecule has 0 aromatic heterocycles. The van der Waals surface area contributed by atoms with E-state index in [1.807, 2.05) is 12.2 Å². The molecule has 0 bridgehead atoms. The van der Waals surface area contributed by atoms with Crippen molar-refractivity contribution in [2.75, 3.05) is 7.11 Å². The Hall–Kier alpha value is -2.42. The van der Waals surface area contributed by atoms with Gasteiger partial charge in [0.1, 0.15) is 0 Å². The Morgan fingerprint density at radius 3 is 1.68 bits per heavy atom. The molecule has 0 radical (unpaired) electrons. The van der Waals surface area contributed by atoms with Crippen LogP contribution in [0, 0.1) is 5.41 Å². The Labute approximate surface area is 171 Å². The smallest absolute Gasteiger partial charge is 0.311 e. The molecule has 0 aliphatic heterocycles. The molecule has 0 saturated carbocycles. The summed E-state index contributed by atoms with van der Waals surface area (Å²) < 4.78 is 4.70. The van der Waals surface area contributed by atoms with Crippen LogP contribution in [-0.4, -0.2) is 18.9 Å². The van der Waals surface area contributed by atoms with Gasteiger partial charge in [-0.1, -0.05) is 73.8 Å². The van der Waals surface area contributed by atoms with E-state index in [2.05, 4.69) is 55.5 Å². The molecular weight excluding hydrogens is 348 g/mol. The van der Waals surface area contributed by atoms with Crippen molar-refractivity contribution in [2.24, 2.45) is 5.41 Å². The molecule has 0 aliphatic rings. The zero-order valence-electron chi connectivity index (χ0n) is 17.9. The monoisotopic (exact) mass is 384 g/mol. The SMILES string of the molecule is CC/C=C\C/C=C\C/C=C\C/C=C\C/C=C/C=C/C(=O)CC(C)(C)C(=O)OC. The van der Waals surface area contributed by atoms with E-state index in [1.54, 1.807) is 19.9 Å². The fourth-order valence-corrected chi connectivity index (χ4v) is 2.32. The molecule has 0 N–H and O–H groups in total. The van der Waals surface area contributed by atoms with Crippen LogP contribution in [0.4, 0.5) is 0 Å². The van der Waals surface area contributed by atoms with Gasteiger partial charge in [0.05, 0.1) is 12.5 Å². The van der Waals surface area contributed by atoms with Crippen LogP contribution < -0.4 is 0 Å². The van der Waals surface area contributed by atoms with Crippen molar-refractivity contribution in [3.05, 3.63) is 72.9 Å². The van der Waals surface area contributed by atoms with Crippen molar-refractivity contribution in [2.45, 2.75) is 59.3 Å². The van der Waals surface area contributed by atoms with Crippen LogP contribution >= 0.6 is 0 Å². The maximum Gasteiger partial charge on any atom is 0.311 e. The number of carbonyl (C=O) groups is 2. The Morgan fingerprint density at radius 2 is 1.21 bits per heavy atom. The van der Waals surface area contributed by atoms with E-state index in [-0.39, 0.29) is 18.2 Å². The van der Waals surface area contributed by atoms with Crippen LogP contribution in [0.15, 0.2) is 72.9 Å². The van der Waals surface area contributed by atoms with E-state index in [4.69, 9.17) is 4.74 Å². The molecule has 0 fully saturated rings. The summed E-state index contributed by atoms with van der Waals surface area (Å²) in [4.78, 5) is 23.4. The summed E-state index contributed by atoms with van der Waals surface area (Å²) in [5.41, 5.74) is -0.794. The molecule has 0 heterocycles. The summed E-state index contributed by atoms with van der Waals surface area (Å²) in [6, 6.07) is 0. The van der Waals surface area contributed by atoms with E-state index in [1.165, 1.54) is 13.2 Å². The van der Waals surface area contributed by atoms with Gasteiger partial charge < -0.3 is 4.74 Å². The van der Waals surface area contributed by atoms with Gasteiger partial charge in [-0.15, -0.1) is 0 Å². The highest BCUT2D eigenvalue weighted by molar-refractivity contribution is 5.93. The van der Waals surface area contributed by atoms with Gasteiger partial charge in [-0.2, -0.15) is 0 Å². The van der Waals surface area contributed by atoms with Gasteiger partial charge in [0.15, 0.2) is 5.78 Å². The number of hydrogen-bond donors (Lipinski definition) is 0. The second kappa shape index (κ2) is 16.7. The van der Waals surface area contributed by atoms with Gasteiger partial charge >= 0.3 is 5.97 Å². The molecule has 28 heavy (non-hydrogen) atoms. The number of carbonyl (C=O) groups excluding carboxylic acids is 2. The predicted octanol–water partition coefficient (Wildman–Crippen LogP) is 6.45. The van der Waals surface area contributed by atoms with E-state index >= 15 is 0 Å². The lowest BCUT2D eigenvalue weighted by molar-refractivity contribution is -0.152. The molecule has 0 spiro atoms. The van der Waals surface area contributed by atoms with Crippen molar-refractivity contribution < 1.29 is 14.3 Å². The third-order valence-electron chi connectivity index (χ3n) is 3.87. The standard InChI is InChI=1S/C25H36O3/c1-5-6-7-8-9-10-11-12-13-14-15-16-17-18-19-20-21-23(26)22-25(2,3)24(27)28-4/h6-7,9-10,12-13,15-16,18-21H,5,8,11,14,17,22H2,1-4H3/b7-6-,10-9-,13-12-,16-15-,19-18+,21-20+. The highest BCUT2D eigenvalue weighted by Gasteiger charge is 2.30. The van der Waals surface area contributed by atoms with Crippen molar-refractivity contribution in [3.63, 3.8) is 0 Å². The summed E-state index contributed by atoms with van der Waals surface area (Å²) in [5.74, 6) is -0.458. The Bertz CT molecular complexity index is 614. The van der Waals surface area contributed by atoms with Crippen LogP contribution in [0.25, 0.3) is 0 Å². The number of rotatable bonds is 14. The number of allylic oxidation sites excluding steroid dienone is 12. The molecule has 0 aliphatic carbocycles. The van der Waals surface area contributed by atoms with E-state index in [0.717, 1.165) is 32.1 Å². The molecule has 154 valence electrons. The van der Waals surface area contributed by atoms with E-state index in [9.17, 15) is 9.59 Å². The van der Waals surface area contributed by atoms with Crippen LogP contribution in [-0.2, 0) is 14.3 Å². The number of ketones is 1. The molecule has 3 heteroatoms. The Balaban J connectivity index is 3.92. The summed E-state index contributed by atoms with van der Waals surface area (Å²) >= 11 is 0. The molecule has 0 rings (SSSR count). The largest absolute Gasteiger partial charge is 0.469 e. The van der Waals surface area contributed by atoms with E-state index < -0.39 is 5.41 Å². The predicted molar refractivity (Wildman–Crippen MR) is 119 cm³/mol. The van der Waals surface area contributed by atoms with Crippen molar-refractivity contribution in [1.82, 2.24) is 0 Å². The molecule has 0 amide bonds. The summed E-state index contributed by atoms with van der Waals surface area (Å²) in [7, 11) is 1.33. The van der Waals surface area contributed by atoms with Gasteiger partial charge in [0.25, 0.3) is 0 Å². The maximum absolute atomic E-state index is 11.9. The zero-order chi connectivity index (χ0) is 21.1. The second-order valence-electron chi connectivity index (χ2n) is 7.04. The molecule has 3 nitrogen and oxygen atoms in total. The molecular formula is C25H36O3. The van der Waals surface area contributed by atoms with E-state index in [0.29, 0.717) is 0 Å². The van der Waals surface area contributed by atoms with Gasteiger partial charge in [0.2, 0.25) is 0 Å². The van der Waals surface area contributed by atoms with Gasteiger partial charge in [-0.25, -0.2) is 0 Å². The van der Waals surface area contributed by atoms with Gasteiger partial charge in [0, 0.05) is 6.42 Å². The summed E-state index contributed by atoms with van der Waals surface area (Å²) in [6.45, 7) is 5.56. The minimum absolute atomic E-state index is 0.0869. The average Bonchev–Trinajstić information content (AvgIpc) is 2.66. The first-order valence-electron chi connectivity index (χ1n) is 9.98. The Morgan fingerprint density at radius 1 is 0.750 bits per heavy atom. The quantitative estimate of drug-likeness (QED) is 0.149. The minimum Gasteiger partial charge on any atom is -0.469 e. The fourth-order valence-electron chi connectivity index (χ4n) is 2.32. The third kappa shape index (κ3) is 14.7. The number of esters is 1. The fraction of sp³-hybridized carbons (Fsp3) is 0.440. The van der Waals surface area contributed by atoms with Gasteiger partial charge in [-0.05, 0) is 52.0 Å². The lowest BCUT2D eigenvalue weighted by atomic mass is 9.87. The van der Waals surface area contributed by atoms with Crippen LogP contribution in [0.3, 0.4) is 0 Å². The van der Waals surface area contributed by atoms with Crippen LogP contribution in [0.1, 0.15) is 59.3 Å². The summed E-state index contributed by atoms with van der Waals surface area (Å²) in [5, 5.41) is 0. The van der Waals surface area contributed by atoms with Crippen molar-refractivity contribution in [1.29, 1.82) is 0 Å².